The fraction of sp³-hybridized carbons (Fsp3) is 0.636. The first-order valence-corrected chi connectivity index (χ1v) is 6.68. The lowest BCUT2D eigenvalue weighted by Crippen LogP contribution is -2.05. The van der Waals surface area contributed by atoms with Crippen LogP contribution in [0.2, 0.25) is 0 Å². The SMILES string of the molecule is CCc1ccc(C(Br)C2(C)CC2F)s1. The number of hydrogen-bond donors (Lipinski definition) is 0. The molecule has 0 bridgehead atoms. The van der Waals surface area contributed by atoms with E-state index in [1.54, 1.807) is 11.3 Å². The zero-order valence-corrected chi connectivity index (χ0v) is 10.8. The van der Waals surface area contributed by atoms with Crippen molar-refractivity contribution in [3.63, 3.8) is 0 Å². The first kappa shape index (κ1) is 10.6. The van der Waals surface area contributed by atoms with Gasteiger partial charge in [0.2, 0.25) is 0 Å². The van der Waals surface area contributed by atoms with Gasteiger partial charge in [0.05, 0.1) is 4.83 Å². The van der Waals surface area contributed by atoms with E-state index in [1.165, 1.54) is 9.75 Å². The Bertz CT molecular complexity index is 336. The van der Waals surface area contributed by atoms with E-state index in [0.29, 0.717) is 6.42 Å². The standard InChI is InChI=1S/C11H14BrFS/c1-3-7-4-5-8(14-7)10(12)11(2)6-9(11)13/h4-5,9-10H,3,6H2,1-2H3. The summed E-state index contributed by atoms with van der Waals surface area (Å²) in [6, 6.07) is 4.27. The fourth-order valence-electron chi connectivity index (χ4n) is 1.64. The second kappa shape index (κ2) is 3.60. The Hall–Kier alpha value is 0.110. The van der Waals surface area contributed by atoms with Crippen LogP contribution in [0.3, 0.4) is 0 Å². The van der Waals surface area contributed by atoms with Gasteiger partial charge in [-0.05, 0) is 25.0 Å². The molecule has 78 valence electrons. The van der Waals surface area contributed by atoms with E-state index < -0.39 is 6.17 Å². The van der Waals surface area contributed by atoms with Crippen molar-refractivity contribution in [2.24, 2.45) is 5.41 Å². The monoisotopic (exact) mass is 276 g/mol. The first-order valence-electron chi connectivity index (χ1n) is 4.94. The Morgan fingerprint density at radius 3 is 2.79 bits per heavy atom. The molecule has 0 aliphatic heterocycles. The maximum absolute atomic E-state index is 13.2. The molecule has 14 heavy (non-hydrogen) atoms. The fourth-order valence-corrected chi connectivity index (χ4v) is 3.63. The Kier molecular flexibility index (Phi) is 2.73. The Labute approximate surface area is 96.7 Å². The van der Waals surface area contributed by atoms with Crippen LogP contribution < -0.4 is 0 Å². The van der Waals surface area contributed by atoms with Gasteiger partial charge >= 0.3 is 0 Å². The molecular formula is C11H14BrFS. The van der Waals surface area contributed by atoms with Crippen molar-refractivity contribution in [3.05, 3.63) is 21.9 Å². The van der Waals surface area contributed by atoms with Crippen molar-refractivity contribution in [3.8, 4) is 0 Å². The molecule has 2 rings (SSSR count). The minimum Gasteiger partial charge on any atom is -0.247 e. The van der Waals surface area contributed by atoms with Crippen LogP contribution in [0.15, 0.2) is 12.1 Å². The summed E-state index contributed by atoms with van der Waals surface area (Å²) < 4.78 is 13.2. The average Bonchev–Trinajstić information content (AvgIpc) is 2.67. The van der Waals surface area contributed by atoms with Gasteiger partial charge in [-0.3, -0.25) is 0 Å². The molecule has 0 radical (unpaired) electrons. The van der Waals surface area contributed by atoms with Crippen LogP contribution in [0.5, 0.6) is 0 Å². The van der Waals surface area contributed by atoms with Crippen LogP contribution in [0.25, 0.3) is 0 Å². The van der Waals surface area contributed by atoms with Crippen molar-refractivity contribution in [2.75, 3.05) is 0 Å². The number of thiophene rings is 1. The Morgan fingerprint density at radius 1 is 1.71 bits per heavy atom. The molecule has 0 amide bonds. The zero-order chi connectivity index (χ0) is 10.3. The van der Waals surface area contributed by atoms with Gasteiger partial charge < -0.3 is 0 Å². The lowest BCUT2D eigenvalue weighted by Gasteiger charge is -2.14. The molecule has 1 heterocycles. The van der Waals surface area contributed by atoms with Gasteiger partial charge in [0.15, 0.2) is 0 Å². The van der Waals surface area contributed by atoms with Crippen molar-refractivity contribution < 1.29 is 4.39 Å². The van der Waals surface area contributed by atoms with Crippen molar-refractivity contribution in [1.29, 1.82) is 0 Å². The van der Waals surface area contributed by atoms with Crippen molar-refractivity contribution >= 4 is 27.3 Å². The summed E-state index contributed by atoms with van der Waals surface area (Å²) >= 11 is 5.42. The van der Waals surface area contributed by atoms with E-state index >= 15 is 0 Å². The predicted octanol–water partition coefficient (Wildman–Crippen LogP) is 4.49. The molecule has 0 saturated heterocycles. The van der Waals surface area contributed by atoms with Crippen LogP contribution >= 0.6 is 27.3 Å². The summed E-state index contributed by atoms with van der Waals surface area (Å²) in [5.74, 6) is 0. The topological polar surface area (TPSA) is 0 Å². The molecule has 1 aromatic heterocycles. The third kappa shape index (κ3) is 1.65. The van der Waals surface area contributed by atoms with Gasteiger partial charge in [-0.2, -0.15) is 0 Å². The van der Waals surface area contributed by atoms with Gasteiger partial charge in [-0.1, -0.05) is 29.8 Å². The van der Waals surface area contributed by atoms with Gasteiger partial charge in [0.25, 0.3) is 0 Å². The largest absolute Gasteiger partial charge is 0.247 e. The molecule has 3 heteroatoms. The first-order chi connectivity index (χ1) is 6.58. The highest BCUT2D eigenvalue weighted by molar-refractivity contribution is 9.09. The lowest BCUT2D eigenvalue weighted by molar-refractivity contribution is 0.376. The molecule has 0 aromatic carbocycles. The zero-order valence-electron chi connectivity index (χ0n) is 8.39. The number of alkyl halides is 2. The Balaban J connectivity index is 2.15. The second-order valence-corrected chi connectivity index (χ2v) is 6.31. The molecule has 1 fully saturated rings. The van der Waals surface area contributed by atoms with Crippen LogP contribution in [-0.2, 0) is 6.42 Å². The molecule has 1 saturated carbocycles. The molecular weight excluding hydrogens is 263 g/mol. The molecule has 0 spiro atoms. The van der Waals surface area contributed by atoms with E-state index in [-0.39, 0.29) is 10.2 Å². The smallest absolute Gasteiger partial charge is 0.108 e. The second-order valence-electron chi connectivity index (χ2n) is 4.20. The summed E-state index contributed by atoms with van der Waals surface area (Å²) in [6.07, 6.45) is 1.14. The van der Waals surface area contributed by atoms with Gasteiger partial charge in [0.1, 0.15) is 6.17 Å². The van der Waals surface area contributed by atoms with Crippen molar-refractivity contribution in [1.82, 2.24) is 0 Å². The minimum absolute atomic E-state index is 0.157. The number of rotatable bonds is 3. The summed E-state index contributed by atoms with van der Waals surface area (Å²) in [7, 11) is 0. The van der Waals surface area contributed by atoms with E-state index in [2.05, 4.69) is 35.0 Å². The van der Waals surface area contributed by atoms with Crippen LogP contribution in [0, 0.1) is 5.41 Å². The minimum atomic E-state index is -0.626. The van der Waals surface area contributed by atoms with Gasteiger partial charge in [-0.25, -0.2) is 4.39 Å². The Morgan fingerprint density at radius 2 is 2.36 bits per heavy atom. The maximum atomic E-state index is 13.2. The molecule has 0 N–H and O–H groups in total. The van der Waals surface area contributed by atoms with E-state index in [1.807, 2.05) is 6.92 Å². The third-order valence-electron chi connectivity index (χ3n) is 3.03. The van der Waals surface area contributed by atoms with Crippen LogP contribution in [0.1, 0.15) is 34.8 Å². The summed E-state index contributed by atoms with van der Waals surface area (Å²) in [6.45, 7) is 4.16. The summed E-state index contributed by atoms with van der Waals surface area (Å²) in [5.41, 5.74) is -0.157. The summed E-state index contributed by atoms with van der Waals surface area (Å²) in [5, 5.41) is 0. The summed E-state index contributed by atoms with van der Waals surface area (Å²) in [4.78, 5) is 2.84. The van der Waals surface area contributed by atoms with Crippen LogP contribution in [0.4, 0.5) is 4.39 Å². The molecule has 1 aliphatic carbocycles. The van der Waals surface area contributed by atoms with E-state index in [0.717, 1.165) is 6.42 Å². The molecule has 3 unspecified atom stereocenters. The molecule has 1 aliphatic rings. The molecule has 1 aromatic rings. The quantitative estimate of drug-likeness (QED) is 0.714. The third-order valence-corrected chi connectivity index (χ3v) is 6.17. The van der Waals surface area contributed by atoms with Gasteiger partial charge in [0, 0.05) is 15.2 Å². The average molecular weight is 277 g/mol. The van der Waals surface area contributed by atoms with E-state index in [4.69, 9.17) is 0 Å². The number of aryl methyl sites for hydroxylation is 1. The lowest BCUT2D eigenvalue weighted by atomic mass is 10.0. The highest BCUT2D eigenvalue weighted by Crippen LogP contribution is 2.60. The van der Waals surface area contributed by atoms with Gasteiger partial charge in [-0.15, -0.1) is 11.3 Å². The highest BCUT2D eigenvalue weighted by atomic mass is 79.9. The normalized spacial score (nSPS) is 33.0. The molecule has 0 nitrogen and oxygen atoms in total. The number of halogens is 2. The maximum Gasteiger partial charge on any atom is 0.108 e. The van der Waals surface area contributed by atoms with E-state index in [9.17, 15) is 4.39 Å². The van der Waals surface area contributed by atoms with Crippen molar-refractivity contribution in [2.45, 2.75) is 37.7 Å². The van der Waals surface area contributed by atoms with Crippen LogP contribution in [-0.4, -0.2) is 6.17 Å². The number of hydrogen-bond acceptors (Lipinski definition) is 1. The predicted molar refractivity (Wildman–Crippen MR) is 63.0 cm³/mol. The highest BCUT2D eigenvalue weighted by Gasteiger charge is 2.56. The molecule has 3 atom stereocenters.